The van der Waals surface area contributed by atoms with Crippen LogP contribution in [0.5, 0.6) is 5.75 Å². The van der Waals surface area contributed by atoms with Gasteiger partial charge in [-0.05, 0) is 92.9 Å². The summed E-state index contributed by atoms with van der Waals surface area (Å²) in [5.41, 5.74) is 4.67. The number of likely N-dealkylation sites (tertiary alicyclic amines) is 2. The number of alkyl halides is 1. The molecule has 1 N–H and O–H groups in total. The van der Waals surface area contributed by atoms with Crippen molar-refractivity contribution in [3.63, 3.8) is 0 Å². The van der Waals surface area contributed by atoms with E-state index in [2.05, 4.69) is 52.1 Å². The molecular weight excluding hydrogens is 631 g/mol. The Bertz CT molecular complexity index is 1860. The predicted molar refractivity (Wildman–Crippen MR) is 185 cm³/mol. The lowest BCUT2D eigenvalue weighted by molar-refractivity contribution is -0.165. The summed E-state index contributed by atoms with van der Waals surface area (Å²) in [6, 6.07) is 12.0. The Kier molecular flexibility index (Phi) is 8.59. The van der Waals surface area contributed by atoms with Crippen molar-refractivity contribution in [2.75, 3.05) is 39.7 Å². The summed E-state index contributed by atoms with van der Waals surface area (Å²) in [7, 11) is -0.210. The van der Waals surface area contributed by atoms with E-state index in [-0.39, 0.29) is 35.9 Å². The Morgan fingerprint density at radius 3 is 2.48 bits per heavy atom. The number of sulfonamides is 1. The molecule has 11 heteroatoms. The van der Waals surface area contributed by atoms with Gasteiger partial charge >= 0.3 is 0 Å². The number of piperazine rings is 1. The number of hydrogen-bond donors (Lipinski definition) is 1. The second kappa shape index (κ2) is 12.5. The van der Waals surface area contributed by atoms with Crippen LogP contribution in [-0.2, 0) is 21.4 Å². The van der Waals surface area contributed by atoms with Crippen molar-refractivity contribution in [3.8, 4) is 17.0 Å². The molecule has 0 spiro atoms. The van der Waals surface area contributed by atoms with E-state index in [1.807, 2.05) is 12.1 Å². The summed E-state index contributed by atoms with van der Waals surface area (Å²) in [5.74, 6) is -0.135. The number of methoxy groups -OCH3 is 1. The first-order valence-electron chi connectivity index (χ1n) is 17.4. The van der Waals surface area contributed by atoms with Crippen LogP contribution in [0.25, 0.3) is 22.2 Å². The lowest BCUT2D eigenvalue weighted by Gasteiger charge is -2.58. The number of aromatic nitrogens is 1. The van der Waals surface area contributed by atoms with Crippen LogP contribution in [0.3, 0.4) is 0 Å². The molecule has 4 aliphatic rings. The molecule has 3 unspecified atom stereocenters. The largest absolute Gasteiger partial charge is 0.497 e. The van der Waals surface area contributed by atoms with Gasteiger partial charge in [0.1, 0.15) is 5.75 Å². The molecule has 258 valence electrons. The van der Waals surface area contributed by atoms with Gasteiger partial charge in [-0.15, -0.1) is 0 Å². The lowest BCUT2D eigenvalue weighted by Crippen LogP contribution is -2.71. The number of piperidine rings is 1. The van der Waals surface area contributed by atoms with Gasteiger partial charge < -0.3 is 19.1 Å². The molecule has 48 heavy (non-hydrogen) atoms. The van der Waals surface area contributed by atoms with Crippen molar-refractivity contribution < 1.29 is 27.1 Å². The zero-order valence-electron chi connectivity index (χ0n) is 28.4. The molecule has 9 nitrogen and oxygen atoms in total. The molecule has 2 bridgehead atoms. The number of nitrogens with zero attached hydrogens (tertiary/aromatic N) is 3. The molecule has 4 atom stereocenters. The summed E-state index contributed by atoms with van der Waals surface area (Å²) in [6.45, 7) is 5.62. The van der Waals surface area contributed by atoms with E-state index in [1.54, 1.807) is 19.2 Å². The summed E-state index contributed by atoms with van der Waals surface area (Å²) < 4.78 is 48.0. The number of likely N-dealkylation sites (N-methyl/N-ethyl adjacent to an activating group) is 1. The van der Waals surface area contributed by atoms with Crippen LogP contribution in [0.15, 0.2) is 36.4 Å². The molecule has 2 amide bonds. The van der Waals surface area contributed by atoms with Crippen LogP contribution in [0.4, 0.5) is 4.39 Å². The van der Waals surface area contributed by atoms with E-state index in [9.17, 15) is 22.4 Å². The predicted octanol–water partition coefficient (Wildman–Crippen LogP) is 5.82. The molecule has 2 saturated heterocycles. The molecule has 3 fully saturated rings. The van der Waals surface area contributed by atoms with Crippen LogP contribution in [0, 0.1) is 5.41 Å². The van der Waals surface area contributed by atoms with Crippen molar-refractivity contribution in [2.24, 2.45) is 5.41 Å². The van der Waals surface area contributed by atoms with Crippen LogP contribution >= 0.6 is 0 Å². The van der Waals surface area contributed by atoms with Crippen LogP contribution in [0.2, 0.25) is 0 Å². The topological polar surface area (TPSA) is 101 Å². The fraction of sp³-hybridized carbons (Fsp3) is 0.568. The highest BCUT2D eigenvalue weighted by atomic mass is 32.2. The molecular formula is C37H47FN4O5S. The average molecular weight is 679 g/mol. The van der Waals surface area contributed by atoms with Crippen molar-refractivity contribution in [1.82, 2.24) is 19.1 Å². The van der Waals surface area contributed by atoms with Crippen molar-refractivity contribution in [1.29, 1.82) is 0 Å². The lowest BCUT2D eigenvalue weighted by atomic mass is 9.70. The third-order valence-corrected chi connectivity index (χ3v) is 13.0. The number of hydrogen-bond acceptors (Lipinski definition) is 6. The minimum absolute atomic E-state index is 0.143. The van der Waals surface area contributed by atoms with Gasteiger partial charge in [-0.3, -0.25) is 14.0 Å². The fourth-order valence-electron chi connectivity index (χ4n) is 9.02. The zero-order valence-corrected chi connectivity index (χ0v) is 29.2. The highest BCUT2D eigenvalue weighted by molar-refractivity contribution is 7.90. The van der Waals surface area contributed by atoms with Gasteiger partial charge in [0.05, 0.1) is 30.6 Å². The van der Waals surface area contributed by atoms with Crippen molar-refractivity contribution in [2.45, 2.75) is 89.3 Å². The third kappa shape index (κ3) is 5.50. The first-order valence-corrected chi connectivity index (χ1v) is 19.1. The maximum absolute atomic E-state index is 14.9. The Labute approximate surface area is 282 Å². The molecule has 1 saturated carbocycles. The second-order valence-electron chi connectivity index (χ2n) is 14.8. The van der Waals surface area contributed by atoms with Crippen LogP contribution < -0.4 is 9.46 Å². The standard InChI is InChI=1S/C37H47FN4O5S/c1-23-31-19-28(47-4)12-14-29(31)34-33(24-9-6-5-7-10-24)30-13-11-25(35(43)39-48(45,46)16-8-15-38)17-32(30)41(34)22-37(23,2)36(44)42-26-18-27(42)21-40(3)20-26/h11-14,17,19,23-24,26-27H,5-10,15-16,18,20-22H2,1-4H3,(H,39,43)/t23-,26?,27?,37?/m0/s1. The van der Waals surface area contributed by atoms with Crippen molar-refractivity contribution >= 4 is 32.7 Å². The molecule has 3 aromatic rings. The summed E-state index contributed by atoms with van der Waals surface area (Å²) >= 11 is 0. The number of ether oxygens (including phenoxy) is 1. The maximum atomic E-state index is 14.9. The van der Waals surface area contributed by atoms with E-state index in [4.69, 9.17) is 4.74 Å². The molecule has 4 heterocycles. The third-order valence-electron chi connectivity index (χ3n) is 11.7. The van der Waals surface area contributed by atoms with Crippen LogP contribution in [-0.4, -0.2) is 86.4 Å². The molecule has 3 aliphatic heterocycles. The van der Waals surface area contributed by atoms with E-state index in [0.717, 1.165) is 78.7 Å². The number of amides is 2. The monoisotopic (exact) mass is 678 g/mol. The first kappa shape index (κ1) is 33.1. The normalized spacial score (nSPS) is 25.9. The van der Waals surface area contributed by atoms with E-state index in [1.165, 1.54) is 12.0 Å². The zero-order chi connectivity index (χ0) is 34.0. The molecule has 1 aromatic heterocycles. The number of nitrogens with one attached hydrogen (secondary N) is 1. The van der Waals surface area contributed by atoms with E-state index < -0.39 is 33.8 Å². The highest BCUT2D eigenvalue weighted by Crippen LogP contribution is 2.53. The van der Waals surface area contributed by atoms with Gasteiger partial charge in [-0.25, -0.2) is 13.1 Å². The van der Waals surface area contributed by atoms with E-state index >= 15 is 0 Å². The number of rotatable bonds is 8. The number of halogens is 1. The molecule has 1 aliphatic carbocycles. The number of fused-ring (bicyclic) bond motifs is 7. The Morgan fingerprint density at radius 1 is 1.06 bits per heavy atom. The maximum Gasteiger partial charge on any atom is 0.264 e. The molecule has 0 radical (unpaired) electrons. The SMILES string of the molecule is COc1ccc2c(c1)[C@H](C)C(C)(C(=O)N1C3CC1CN(C)C3)Cn1c-2c(C2CCCCC2)c2ccc(C(=O)NS(=O)(=O)CCCF)cc21. The first-order chi connectivity index (χ1) is 23.0. The number of carbonyl (C=O) groups is 2. The van der Waals surface area contributed by atoms with Gasteiger partial charge in [0, 0.05) is 53.7 Å². The Morgan fingerprint density at radius 2 is 1.79 bits per heavy atom. The van der Waals surface area contributed by atoms with Gasteiger partial charge in [-0.2, -0.15) is 0 Å². The highest BCUT2D eigenvalue weighted by Gasteiger charge is 2.54. The number of benzene rings is 2. The summed E-state index contributed by atoms with van der Waals surface area (Å²) in [6.07, 6.45) is 6.46. The summed E-state index contributed by atoms with van der Waals surface area (Å²) in [4.78, 5) is 32.7. The van der Waals surface area contributed by atoms with E-state index in [0.29, 0.717) is 12.5 Å². The average Bonchev–Trinajstić information content (AvgIpc) is 3.34. The van der Waals surface area contributed by atoms with Gasteiger partial charge in [0.2, 0.25) is 15.9 Å². The molecule has 2 aromatic carbocycles. The minimum atomic E-state index is -3.99. The Hall–Kier alpha value is -3.44. The smallest absolute Gasteiger partial charge is 0.264 e. The minimum Gasteiger partial charge on any atom is -0.497 e. The molecule has 7 rings (SSSR count). The summed E-state index contributed by atoms with van der Waals surface area (Å²) in [5, 5.41) is 1.03. The second-order valence-corrected chi connectivity index (χ2v) is 16.6. The van der Waals surface area contributed by atoms with Crippen molar-refractivity contribution in [3.05, 3.63) is 53.1 Å². The Balaban J connectivity index is 1.42. The van der Waals surface area contributed by atoms with Gasteiger partial charge in [0.15, 0.2) is 0 Å². The quantitative estimate of drug-likeness (QED) is 0.322. The van der Waals surface area contributed by atoms with Crippen LogP contribution in [0.1, 0.15) is 92.1 Å². The van der Waals surface area contributed by atoms with Gasteiger partial charge in [0.25, 0.3) is 5.91 Å². The fourth-order valence-corrected chi connectivity index (χ4v) is 10.0. The van der Waals surface area contributed by atoms with Gasteiger partial charge in [-0.1, -0.05) is 32.3 Å². The number of carbonyl (C=O) groups excluding carboxylic acids is 2.